The van der Waals surface area contributed by atoms with Gasteiger partial charge in [0, 0.05) is 6.04 Å². The Hall–Kier alpha value is -2.77. The minimum absolute atomic E-state index is 0.154. The number of hydrogen-bond donors (Lipinski definition) is 2. The van der Waals surface area contributed by atoms with Crippen LogP contribution in [0.3, 0.4) is 0 Å². The van der Waals surface area contributed by atoms with E-state index >= 15 is 0 Å². The second-order valence-electron chi connectivity index (χ2n) is 5.65. The SMILES string of the molecule is O=C(Cc1ccc(-n2cnnn2)cc1)N[C@H]1CCC[C@H]1C(=O)O. The molecule has 2 aromatic rings. The van der Waals surface area contributed by atoms with Crippen molar-refractivity contribution in [3.63, 3.8) is 0 Å². The largest absolute Gasteiger partial charge is 0.481 e. The lowest BCUT2D eigenvalue weighted by Crippen LogP contribution is -2.40. The Labute approximate surface area is 132 Å². The molecule has 0 aliphatic heterocycles. The van der Waals surface area contributed by atoms with Gasteiger partial charge in [-0.25, -0.2) is 4.68 Å². The van der Waals surface area contributed by atoms with Gasteiger partial charge in [0.05, 0.1) is 18.0 Å². The number of tetrazole rings is 1. The first-order valence-electron chi connectivity index (χ1n) is 7.48. The molecule has 8 heteroatoms. The van der Waals surface area contributed by atoms with Crippen LogP contribution in [0.2, 0.25) is 0 Å². The maximum Gasteiger partial charge on any atom is 0.308 e. The van der Waals surface area contributed by atoms with Crippen molar-refractivity contribution in [2.45, 2.75) is 31.7 Å². The molecule has 0 bridgehead atoms. The van der Waals surface area contributed by atoms with Gasteiger partial charge in [0.15, 0.2) is 0 Å². The summed E-state index contributed by atoms with van der Waals surface area (Å²) in [5.74, 6) is -1.46. The number of rotatable bonds is 5. The van der Waals surface area contributed by atoms with Gasteiger partial charge in [-0.15, -0.1) is 5.10 Å². The Bertz CT molecular complexity index is 684. The van der Waals surface area contributed by atoms with Crippen molar-refractivity contribution in [3.8, 4) is 5.69 Å². The number of carboxylic acid groups (broad SMARTS) is 1. The number of amides is 1. The summed E-state index contributed by atoms with van der Waals surface area (Å²) < 4.78 is 1.53. The number of nitrogens with one attached hydrogen (secondary N) is 1. The van der Waals surface area contributed by atoms with Crippen molar-refractivity contribution in [1.29, 1.82) is 0 Å². The molecule has 1 amide bonds. The van der Waals surface area contributed by atoms with Crippen LogP contribution in [0.5, 0.6) is 0 Å². The Morgan fingerprint density at radius 2 is 2.04 bits per heavy atom. The highest BCUT2D eigenvalue weighted by Gasteiger charge is 2.33. The van der Waals surface area contributed by atoms with Crippen molar-refractivity contribution >= 4 is 11.9 Å². The predicted molar refractivity (Wildman–Crippen MR) is 79.8 cm³/mol. The van der Waals surface area contributed by atoms with Crippen molar-refractivity contribution in [3.05, 3.63) is 36.2 Å². The highest BCUT2D eigenvalue weighted by Crippen LogP contribution is 2.25. The Morgan fingerprint density at radius 3 is 2.70 bits per heavy atom. The summed E-state index contributed by atoms with van der Waals surface area (Å²) >= 11 is 0. The summed E-state index contributed by atoms with van der Waals surface area (Å²) in [6, 6.07) is 7.06. The molecule has 1 aromatic carbocycles. The number of nitrogens with zero attached hydrogens (tertiary/aromatic N) is 4. The molecule has 1 aromatic heterocycles. The van der Waals surface area contributed by atoms with Gasteiger partial charge in [-0.1, -0.05) is 18.6 Å². The van der Waals surface area contributed by atoms with Crippen LogP contribution in [-0.4, -0.2) is 43.2 Å². The number of carbonyl (C=O) groups is 2. The van der Waals surface area contributed by atoms with E-state index in [-0.39, 0.29) is 18.4 Å². The van der Waals surface area contributed by atoms with E-state index in [2.05, 4.69) is 20.8 Å². The maximum absolute atomic E-state index is 12.1. The van der Waals surface area contributed by atoms with Crippen molar-refractivity contribution in [2.24, 2.45) is 5.92 Å². The molecular formula is C15H17N5O3. The minimum Gasteiger partial charge on any atom is -0.481 e. The average Bonchev–Trinajstić information content (AvgIpc) is 3.19. The molecule has 0 saturated heterocycles. The quantitative estimate of drug-likeness (QED) is 0.835. The standard InChI is InChI=1S/C15H17N5O3/c21-14(17-13-3-1-2-12(13)15(22)23)8-10-4-6-11(7-5-10)20-9-16-18-19-20/h4-7,9,12-13H,1-3,8H2,(H,17,21)(H,22,23)/t12-,13+/m1/s1. The zero-order valence-corrected chi connectivity index (χ0v) is 12.4. The van der Waals surface area contributed by atoms with Crippen LogP contribution in [0.4, 0.5) is 0 Å². The Balaban J connectivity index is 1.58. The van der Waals surface area contributed by atoms with Crippen molar-refractivity contribution < 1.29 is 14.7 Å². The van der Waals surface area contributed by atoms with Gasteiger partial charge < -0.3 is 10.4 Å². The van der Waals surface area contributed by atoms with Crippen LogP contribution >= 0.6 is 0 Å². The molecule has 8 nitrogen and oxygen atoms in total. The van der Waals surface area contributed by atoms with Gasteiger partial charge >= 0.3 is 5.97 Å². The monoisotopic (exact) mass is 315 g/mol. The zero-order chi connectivity index (χ0) is 16.2. The summed E-state index contributed by atoms with van der Waals surface area (Å²) in [5.41, 5.74) is 1.66. The first-order chi connectivity index (χ1) is 11.1. The Morgan fingerprint density at radius 1 is 1.26 bits per heavy atom. The molecule has 0 unspecified atom stereocenters. The molecule has 2 N–H and O–H groups in total. The molecule has 1 saturated carbocycles. The fourth-order valence-corrected chi connectivity index (χ4v) is 2.92. The van der Waals surface area contributed by atoms with E-state index in [1.807, 2.05) is 24.3 Å². The Kier molecular flexibility index (Phi) is 4.31. The normalized spacial score (nSPS) is 20.3. The van der Waals surface area contributed by atoms with Gasteiger partial charge in [0.1, 0.15) is 6.33 Å². The van der Waals surface area contributed by atoms with Crippen LogP contribution in [0.15, 0.2) is 30.6 Å². The zero-order valence-electron chi connectivity index (χ0n) is 12.4. The van der Waals surface area contributed by atoms with E-state index < -0.39 is 11.9 Å². The van der Waals surface area contributed by atoms with Gasteiger partial charge in [-0.3, -0.25) is 9.59 Å². The molecule has 3 rings (SSSR count). The number of carboxylic acids is 1. The molecular weight excluding hydrogens is 298 g/mol. The van der Waals surface area contributed by atoms with E-state index in [0.29, 0.717) is 6.42 Å². The lowest BCUT2D eigenvalue weighted by Gasteiger charge is -2.17. The van der Waals surface area contributed by atoms with Gasteiger partial charge in [0.2, 0.25) is 5.91 Å². The number of aromatic nitrogens is 4. The summed E-state index contributed by atoms with van der Waals surface area (Å²) in [6.45, 7) is 0. The van der Waals surface area contributed by atoms with Gasteiger partial charge in [-0.2, -0.15) is 0 Å². The minimum atomic E-state index is -0.835. The van der Waals surface area contributed by atoms with E-state index in [1.165, 1.54) is 11.0 Å². The second-order valence-corrected chi connectivity index (χ2v) is 5.65. The fourth-order valence-electron chi connectivity index (χ4n) is 2.92. The molecule has 120 valence electrons. The summed E-state index contributed by atoms with van der Waals surface area (Å²) in [5, 5.41) is 22.9. The molecule has 1 heterocycles. The third-order valence-corrected chi connectivity index (χ3v) is 4.09. The number of benzene rings is 1. The number of carbonyl (C=O) groups excluding carboxylic acids is 1. The maximum atomic E-state index is 12.1. The van der Waals surface area contributed by atoms with Crippen molar-refractivity contribution in [1.82, 2.24) is 25.5 Å². The predicted octanol–water partition coefficient (Wildman–Crippen LogP) is 0.574. The number of hydrogen-bond acceptors (Lipinski definition) is 5. The van der Waals surface area contributed by atoms with Gasteiger partial charge in [-0.05, 0) is 41.0 Å². The smallest absolute Gasteiger partial charge is 0.308 e. The fraction of sp³-hybridized carbons (Fsp3) is 0.400. The molecule has 1 fully saturated rings. The topological polar surface area (TPSA) is 110 Å². The van der Waals surface area contributed by atoms with E-state index in [1.54, 1.807) is 0 Å². The van der Waals surface area contributed by atoms with Crippen LogP contribution in [-0.2, 0) is 16.0 Å². The third kappa shape index (κ3) is 3.53. The molecule has 1 aliphatic carbocycles. The summed E-state index contributed by atoms with van der Waals surface area (Å²) in [7, 11) is 0. The van der Waals surface area contributed by atoms with E-state index in [9.17, 15) is 9.59 Å². The summed E-state index contributed by atoms with van der Waals surface area (Å²) in [6.07, 6.45) is 3.90. The molecule has 1 aliphatic rings. The highest BCUT2D eigenvalue weighted by atomic mass is 16.4. The lowest BCUT2D eigenvalue weighted by atomic mass is 10.0. The molecule has 0 spiro atoms. The first kappa shape index (κ1) is 15.1. The molecule has 23 heavy (non-hydrogen) atoms. The molecule has 2 atom stereocenters. The van der Waals surface area contributed by atoms with Crippen molar-refractivity contribution in [2.75, 3.05) is 0 Å². The average molecular weight is 315 g/mol. The van der Waals surface area contributed by atoms with Crippen LogP contribution < -0.4 is 5.32 Å². The third-order valence-electron chi connectivity index (χ3n) is 4.09. The van der Waals surface area contributed by atoms with Crippen LogP contribution in [0, 0.1) is 5.92 Å². The number of aliphatic carboxylic acids is 1. The summed E-state index contributed by atoms with van der Waals surface area (Å²) in [4.78, 5) is 23.2. The first-order valence-corrected chi connectivity index (χ1v) is 7.48. The van der Waals surface area contributed by atoms with E-state index in [4.69, 9.17) is 5.11 Å². The lowest BCUT2D eigenvalue weighted by molar-refractivity contribution is -0.142. The van der Waals surface area contributed by atoms with Gasteiger partial charge in [0.25, 0.3) is 0 Å². The molecule has 0 radical (unpaired) electrons. The highest BCUT2D eigenvalue weighted by molar-refractivity contribution is 5.80. The second kappa shape index (κ2) is 6.55. The van der Waals surface area contributed by atoms with Crippen LogP contribution in [0.1, 0.15) is 24.8 Å². The van der Waals surface area contributed by atoms with Crippen LogP contribution in [0.25, 0.3) is 5.69 Å². The van der Waals surface area contributed by atoms with E-state index in [0.717, 1.165) is 24.1 Å².